The molecule has 2 N–H and O–H groups in total. The van der Waals surface area contributed by atoms with Crippen LogP contribution in [-0.2, 0) is 33.9 Å². The minimum atomic E-state index is -5.41. The maximum absolute atomic E-state index is 12.1. The van der Waals surface area contributed by atoms with Crippen molar-refractivity contribution in [2.24, 2.45) is 0 Å². The minimum Gasteiger partial charge on any atom is -0.469 e. The maximum atomic E-state index is 12.1. The van der Waals surface area contributed by atoms with E-state index in [1.165, 1.54) is 11.8 Å². The molecule has 0 rings (SSSR count). The topological polar surface area (TPSA) is 128 Å². The zero-order valence-corrected chi connectivity index (χ0v) is 15.0. The van der Waals surface area contributed by atoms with E-state index in [0.29, 0.717) is 0 Å². The first-order chi connectivity index (χ1) is 11.9. The molecule has 0 spiro atoms. The quantitative estimate of drug-likeness (QED) is 0.371. The standard InChI is InChI=1S/C13H21F3N2O7S/c1-24-11(20)7-6-9(12(21)25-2)18-10(19)5-3-4-8-17-26(22,23)13(14,15)16/h9,17H,3-8H2,1-2H3,(H,18,19)/t9-/m0/s1. The highest BCUT2D eigenvalue weighted by atomic mass is 32.2. The van der Waals surface area contributed by atoms with Crippen LogP contribution in [0.3, 0.4) is 0 Å². The van der Waals surface area contributed by atoms with E-state index in [9.17, 15) is 36.0 Å². The van der Waals surface area contributed by atoms with Crippen molar-refractivity contribution < 1.29 is 45.4 Å². The third kappa shape index (κ3) is 8.99. The monoisotopic (exact) mass is 406 g/mol. The number of hydrogen-bond donors (Lipinski definition) is 2. The van der Waals surface area contributed by atoms with Crippen molar-refractivity contribution in [1.29, 1.82) is 0 Å². The maximum Gasteiger partial charge on any atom is 0.511 e. The van der Waals surface area contributed by atoms with Crippen LogP contribution in [0.5, 0.6) is 0 Å². The summed E-state index contributed by atoms with van der Waals surface area (Å²) in [6, 6.07) is -1.07. The minimum absolute atomic E-state index is 0.0201. The average Bonchev–Trinajstić information content (AvgIpc) is 2.55. The fourth-order valence-corrected chi connectivity index (χ4v) is 2.30. The summed E-state index contributed by atoms with van der Waals surface area (Å²) < 4.78 is 68.1. The van der Waals surface area contributed by atoms with E-state index in [0.717, 1.165) is 7.11 Å². The van der Waals surface area contributed by atoms with E-state index in [2.05, 4.69) is 14.8 Å². The van der Waals surface area contributed by atoms with Gasteiger partial charge >= 0.3 is 27.5 Å². The Hall–Kier alpha value is -1.89. The molecule has 1 atom stereocenters. The lowest BCUT2D eigenvalue weighted by atomic mass is 10.1. The summed E-state index contributed by atoms with van der Waals surface area (Å²) in [6.45, 7) is -0.488. The van der Waals surface area contributed by atoms with Crippen molar-refractivity contribution in [1.82, 2.24) is 10.0 Å². The molecule has 0 unspecified atom stereocenters. The van der Waals surface area contributed by atoms with Gasteiger partial charge in [0.1, 0.15) is 6.04 Å². The first kappa shape index (κ1) is 24.1. The first-order valence-electron chi connectivity index (χ1n) is 7.44. The second-order valence-corrected chi connectivity index (χ2v) is 6.82. The fraction of sp³-hybridized carbons (Fsp3) is 0.769. The molecule has 0 heterocycles. The number of methoxy groups -OCH3 is 2. The highest BCUT2D eigenvalue weighted by molar-refractivity contribution is 7.90. The lowest BCUT2D eigenvalue weighted by molar-refractivity contribution is -0.146. The Morgan fingerprint density at radius 2 is 1.65 bits per heavy atom. The van der Waals surface area contributed by atoms with Gasteiger partial charge in [0, 0.05) is 19.4 Å². The van der Waals surface area contributed by atoms with Crippen molar-refractivity contribution in [3.63, 3.8) is 0 Å². The average molecular weight is 406 g/mol. The van der Waals surface area contributed by atoms with Crippen LogP contribution in [0.1, 0.15) is 32.1 Å². The van der Waals surface area contributed by atoms with Gasteiger partial charge in [-0.15, -0.1) is 0 Å². The van der Waals surface area contributed by atoms with Crippen LogP contribution in [0.15, 0.2) is 0 Å². The molecule has 0 aliphatic heterocycles. The molecular formula is C13H21F3N2O7S. The summed E-state index contributed by atoms with van der Waals surface area (Å²) >= 11 is 0. The van der Waals surface area contributed by atoms with Gasteiger partial charge in [-0.25, -0.2) is 17.9 Å². The highest BCUT2D eigenvalue weighted by Crippen LogP contribution is 2.21. The fourth-order valence-electron chi connectivity index (χ4n) is 1.72. The zero-order chi connectivity index (χ0) is 20.4. The molecular weight excluding hydrogens is 385 g/mol. The number of unbranched alkanes of at least 4 members (excludes halogenated alkanes) is 1. The number of carbonyl (C=O) groups excluding carboxylic acids is 3. The predicted molar refractivity (Wildman–Crippen MR) is 82.0 cm³/mol. The van der Waals surface area contributed by atoms with E-state index in [4.69, 9.17) is 0 Å². The molecule has 0 aliphatic rings. The van der Waals surface area contributed by atoms with E-state index >= 15 is 0 Å². The third-order valence-electron chi connectivity index (χ3n) is 3.11. The smallest absolute Gasteiger partial charge is 0.469 e. The SMILES string of the molecule is COC(=O)CC[C@H](NC(=O)CCCCNS(=O)(=O)C(F)(F)F)C(=O)OC. The number of amides is 1. The van der Waals surface area contributed by atoms with Crippen molar-refractivity contribution in [2.45, 2.75) is 43.7 Å². The van der Waals surface area contributed by atoms with Crippen molar-refractivity contribution in [3.8, 4) is 0 Å². The Balaban J connectivity index is 4.28. The Morgan fingerprint density at radius 1 is 1.04 bits per heavy atom. The lowest BCUT2D eigenvalue weighted by Crippen LogP contribution is -2.42. The van der Waals surface area contributed by atoms with E-state index in [1.54, 1.807) is 0 Å². The highest BCUT2D eigenvalue weighted by Gasteiger charge is 2.45. The van der Waals surface area contributed by atoms with Crippen LogP contribution >= 0.6 is 0 Å². The summed E-state index contributed by atoms with van der Waals surface area (Å²) in [5.74, 6) is -1.94. The van der Waals surface area contributed by atoms with Gasteiger partial charge in [0.05, 0.1) is 14.2 Å². The molecule has 0 fully saturated rings. The molecule has 0 aromatic rings. The number of halogens is 3. The summed E-state index contributed by atoms with van der Waals surface area (Å²) in [6.07, 6.45) is -0.267. The molecule has 0 aromatic carbocycles. The van der Waals surface area contributed by atoms with Gasteiger partial charge in [-0.3, -0.25) is 9.59 Å². The van der Waals surface area contributed by atoms with Crippen LogP contribution in [0.2, 0.25) is 0 Å². The van der Waals surface area contributed by atoms with Crippen molar-refractivity contribution in [2.75, 3.05) is 20.8 Å². The Morgan fingerprint density at radius 3 is 2.15 bits per heavy atom. The molecule has 1 amide bonds. The molecule has 0 saturated carbocycles. The zero-order valence-electron chi connectivity index (χ0n) is 14.2. The van der Waals surface area contributed by atoms with Gasteiger partial charge in [-0.2, -0.15) is 13.2 Å². The predicted octanol–water partition coefficient (Wildman–Crippen LogP) is 0.207. The van der Waals surface area contributed by atoms with Gasteiger partial charge in [0.2, 0.25) is 5.91 Å². The molecule has 9 nitrogen and oxygen atoms in total. The van der Waals surface area contributed by atoms with Gasteiger partial charge < -0.3 is 14.8 Å². The van der Waals surface area contributed by atoms with Crippen LogP contribution < -0.4 is 10.0 Å². The summed E-state index contributed by atoms with van der Waals surface area (Å²) in [5, 5.41) is 2.34. The number of esters is 2. The van der Waals surface area contributed by atoms with Crippen LogP contribution in [-0.4, -0.2) is 58.6 Å². The largest absolute Gasteiger partial charge is 0.511 e. The molecule has 152 valence electrons. The number of rotatable bonds is 11. The number of hydrogen-bond acceptors (Lipinski definition) is 7. The molecule has 0 aromatic heterocycles. The van der Waals surface area contributed by atoms with Crippen LogP contribution in [0, 0.1) is 0 Å². The lowest BCUT2D eigenvalue weighted by Gasteiger charge is -2.16. The Bertz CT molecular complexity index is 593. The number of sulfonamides is 1. The summed E-state index contributed by atoms with van der Waals surface area (Å²) in [7, 11) is -3.13. The molecule has 26 heavy (non-hydrogen) atoms. The molecule has 0 bridgehead atoms. The molecule has 0 aliphatic carbocycles. The molecule has 13 heteroatoms. The van der Waals surface area contributed by atoms with Gasteiger partial charge in [0.15, 0.2) is 0 Å². The number of ether oxygens (including phenoxy) is 2. The van der Waals surface area contributed by atoms with Crippen LogP contribution in [0.25, 0.3) is 0 Å². The van der Waals surface area contributed by atoms with Gasteiger partial charge in [0.25, 0.3) is 0 Å². The van der Waals surface area contributed by atoms with E-state index in [1.807, 2.05) is 0 Å². The first-order valence-corrected chi connectivity index (χ1v) is 8.93. The molecule has 0 radical (unpaired) electrons. The van der Waals surface area contributed by atoms with E-state index < -0.39 is 46.0 Å². The number of carbonyl (C=O) groups is 3. The van der Waals surface area contributed by atoms with Crippen molar-refractivity contribution in [3.05, 3.63) is 0 Å². The second kappa shape index (κ2) is 11.0. The van der Waals surface area contributed by atoms with Crippen molar-refractivity contribution >= 4 is 27.9 Å². The summed E-state index contributed by atoms with van der Waals surface area (Å²) in [5.41, 5.74) is -5.39. The molecule has 0 saturated heterocycles. The van der Waals surface area contributed by atoms with Gasteiger partial charge in [-0.1, -0.05) is 0 Å². The Kier molecular flexibility index (Phi) is 10.2. The third-order valence-corrected chi connectivity index (χ3v) is 4.31. The summed E-state index contributed by atoms with van der Waals surface area (Å²) in [4.78, 5) is 34.4. The van der Waals surface area contributed by atoms with Gasteiger partial charge in [-0.05, 0) is 19.3 Å². The Labute approximate surface area is 148 Å². The number of nitrogens with one attached hydrogen (secondary N) is 2. The van der Waals surface area contributed by atoms with Crippen LogP contribution in [0.4, 0.5) is 13.2 Å². The number of alkyl halides is 3. The normalized spacial score (nSPS) is 13.0. The van der Waals surface area contributed by atoms with E-state index in [-0.39, 0.29) is 32.1 Å². The second-order valence-electron chi connectivity index (χ2n) is 5.06.